The van der Waals surface area contributed by atoms with Gasteiger partial charge in [0.1, 0.15) is 22.8 Å². The van der Waals surface area contributed by atoms with E-state index in [1.54, 1.807) is 4.57 Å². The van der Waals surface area contributed by atoms with Gasteiger partial charge in [-0.05, 0) is 49.5 Å². The number of alkyl halides is 4. The molecule has 3 aromatic heterocycles. The van der Waals surface area contributed by atoms with E-state index in [1.165, 1.54) is 35.5 Å². The lowest BCUT2D eigenvalue weighted by Gasteiger charge is -2.25. The minimum absolute atomic E-state index is 0.0429. The first-order valence-corrected chi connectivity index (χ1v) is 14.5. The highest BCUT2D eigenvalue weighted by Gasteiger charge is 2.65. The smallest absolute Gasteiger partial charge is 0.282 e. The number of hydrogen-bond acceptors (Lipinski definition) is 7. The van der Waals surface area contributed by atoms with E-state index in [0.717, 1.165) is 29.7 Å². The third-order valence-corrected chi connectivity index (χ3v) is 10.1. The van der Waals surface area contributed by atoms with E-state index in [2.05, 4.69) is 31.2 Å². The van der Waals surface area contributed by atoms with Crippen molar-refractivity contribution >= 4 is 39.9 Å². The quantitative estimate of drug-likeness (QED) is 0.313. The fraction of sp³-hybridized carbons (Fsp3) is 0.577. The molecule has 10 nitrogen and oxygen atoms in total. The number of anilines is 3. The maximum Gasteiger partial charge on any atom is 0.282 e. The van der Waals surface area contributed by atoms with Crippen LogP contribution in [0.1, 0.15) is 71.1 Å². The van der Waals surface area contributed by atoms with Gasteiger partial charge < -0.3 is 16.0 Å². The number of halogens is 4. The number of nitrogens with one attached hydrogen (secondary N) is 3. The molecule has 218 valence electrons. The maximum absolute atomic E-state index is 13.5. The predicted octanol–water partition coefficient (Wildman–Crippen LogP) is 4.61. The van der Waals surface area contributed by atoms with E-state index in [9.17, 15) is 27.2 Å². The van der Waals surface area contributed by atoms with Crippen molar-refractivity contribution in [3.8, 4) is 0 Å². The third-order valence-electron chi connectivity index (χ3n) is 8.89. The van der Waals surface area contributed by atoms with Gasteiger partial charge in [-0.25, -0.2) is 17.6 Å². The standard InChI is InChI=1S/C26H28F4N8O2S/c1-37-18(7-16(36-37)20(27)28)33-24-35-32-11-38(24)13-2-3-17-14(6-13)19(22(40)31-10-12-8-26(12,29)30)23(41-17)34-21(39)15-9-25(15)4-5-25/h7,11-13,15,20H,2-6,8-10H2,1H3,(H,31,40)(H,33,35)(H,34,39)/t12?,13-,15+/m0/s1. The molecule has 3 heterocycles. The van der Waals surface area contributed by atoms with E-state index >= 15 is 0 Å². The predicted molar refractivity (Wildman–Crippen MR) is 141 cm³/mol. The monoisotopic (exact) mass is 592 g/mol. The number of hydrogen-bond donors (Lipinski definition) is 3. The van der Waals surface area contributed by atoms with Crippen LogP contribution in [0.5, 0.6) is 0 Å². The summed E-state index contributed by atoms with van der Waals surface area (Å²) in [4.78, 5) is 27.4. The second-order valence-corrected chi connectivity index (χ2v) is 12.8. The molecule has 41 heavy (non-hydrogen) atoms. The lowest BCUT2D eigenvalue weighted by Crippen LogP contribution is -2.29. The van der Waals surface area contributed by atoms with E-state index in [1.807, 2.05) is 0 Å². The normalized spacial score (nSPS) is 24.7. The fourth-order valence-electron chi connectivity index (χ4n) is 5.98. The highest BCUT2D eigenvalue weighted by atomic mass is 32.1. The summed E-state index contributed by atoms with van der Waals surface area (Å²) in [5.41, 5.74) is 0.870. The van der Waals surface area contributed by atoms with Crippen molar-refractivity contribution in [2.45, 2.75) is 63.3 Å². The van der Waals surface area contributed by atoms with Gasteiger partial charge in [-0.2, -0.15) is 5.10 Å². The molecule has 0 bridgehead atoms. The molecular formula is C26H28F4N8O2S. The minimum Gasteiger partial charge on any atom is -0.351 e. The SMILES string of the molecule is Cn1nc(C(F)F)cc1Nc1nncn1[C@H]1CCc2sc(NC(=O)[C@H]3CC34CC4)c(C(=O)NCC3CC3(F)F)c2C1. The van der Waals surface area contributed by atoms with E-state index < -0.39 is 24.2 Å². The fourth-order valence-corrected chi connectivity index (χ4v) is 7.23. The summed E-state index contributed by atoms with van der Waals surface area (Å²) in [6, 6.07) is 1.06. The Bertz CT molecular complexity index is 1540. The number of aryl methyl sites for hydroxylation is 2. The average Bonchev–Trinajstić information content (AvgIpc) is 3.83. The summed E-state index contributed by atoms with van der Waals surface area (Å²) in [7, 11) is 1.54. The first kappa shape index (κ1) is 26.4. The Labute approximate surface area is 235 Å². The van der Waals surface area contributed by atoms with Gasteiger partial charge in [0.25, 0.3) is 18.3 Å². The molecule has 1 unspecified atom stereocenters. The molecule has 4 aliphatic carbocycles. The summed E-state index contributed by atoms with van der Waals surface area (Å²) in [5, 5.41) is 21.1. The second kappa shape index (κ2) is 9.26. The first-order valence-electron chi connectivity index (χ1n) is 13.6. The zero-order valence-corrected chi connectivity index (χ0v) is 22.9. The number of carbonyl (C=O) groups is 2. The average molecular weight is 593 g/mol. The van der Waals surface area contributed by atoms with Crippen LogP contribution < -0.4 is 16.0 Å². The van der Waals surface area contributed by atoms with Crippen molar-refractivity contribution in [2.24, 2.45) is 24.3 Å². The van der Waals surface area contributed by atoms with E-state index in [4.69, 9.17) is 0 Å². The molecule has 3 aromatic rings. The molecule has 7 rings (SSSR count). The molecule has 0 radical (unpaired) electrons. The zero-order valence-electron chi connectivity index (χ0n) is 22.1. The van der Waals surface area contributed by atoms with Crippen molar-refractivity contribution < 1.29 is 27.2 Å². The molecule has 4 aliphatic rings. The lowest BCUT2D eigenvalue weighted by atomic mass is 9.91. The Morgan fingerprint density at radius 3 is 2.68 bits per heavy atom. The van der Waals surface area contributed by atoms with Crippen LogP contribution in [0.25, 0.3) is 0 Å². The Kier molecular flexibility index (Phi) is 5.97. The van der Waals surface area contributed by atoms with Gasteiger partial charge in [-0.15, -0.1) is 21.5 Å². The van der Waals surface area contributed by atoms with Crippen LogP contribution in [0.15, 0.2) is 12.4 Å². The van der Waals surface area contributed by atoms with Gasteiger partial charge in [0, 0.05) is 48.8 Å². The third kappa shape index (κ3) is 4.77. The van der Waals surface area contributed by atoms with Crippen LogP contribution in [0.2, 0.25) is 0 Å². The van der Waals surface area contributed by atoms with Crippen LogP contribution in [0.3, 0.4) is 0 Å². The summed E-state index contributed by atoms with van der Waals surface area (Å²) in [6.07, 6.45) is 3.25. The molecule has 3 N–H and O–H groups in total. The molecule has 0 aromatic carbocycles. The summed E-state index contributed by atoms with van der Waals surface area (Å²) in [6.45, 7) is -0.135. The summed E-state index contributed by atoms with van der Waals surface area (Å²) in [5.74, 6) is -3.60. The number of fused-ring (bicyclic) bond motifs is 1. The van der Waals surface area contributed by atoms with Crippen LogP contribution in [0.4, 0.5) is 34.3 Å². The van der Waals surface area contributed by atoms with Crippen LogP contribution in [-0.2, 0) is 24.7 Å². The zero-order chi connectivity index (χ0) is 28.7. The van der Waals surface area contributed by atoms with E-state index in [-0.39, 0.29) is 41.9 Å². The summed E-state index contributed by atoms with van der Waals surface area (Å²) < 4.78 is 56.3. The van der Waals surface area contributed by atoms with E-state index in [0.29, 0.717) is 41.6 Å². The van der Waals surface area contributed by atoms with Gasteiger partial charge in [0.2, 0.25) is 11.9 Å². The lowest BCUT2D eigenvalue weighted by molar-refractivity contribution is -0.117. The highest BCUT2D eigenvalue weighted by Crippen LogP contribution is 2.70. The largest absolute Gasteiger partial charge is 0.351 e. The first-order chi connectivity index (χ1) is 19.5. The van der Waals surface area contributed by atoms with Crippen molar-refractivity contribution in [2.75, 3.05) is 17.2 Å². The van der Waals surface area contributed by atoms with Crippen molar-refractivity contribution in [1.29, 1.82) is 0 Å². The molecule has 0 aliphatic heterocycles. The van der Waals surface area contributed by atoms with Gasteiger partial charge in [0.15, 0.2) is 0 Å². The molecule has 3 fully saturated rings. The minimum atomic E-state index is -2.75. The number of carbonyl (C=O) groups excluding carboxylic acids is 2. The Morgan fingerprint density at radius 2 is 2.02 bits per heavy atom. The molecule has 15 heteroatoms. The molecular weight excluding hydrogens is 564 g/mol. The number of thiophene rings is 1. The molecule has 0 saturated heterocycles. The Hall–Kier alpha value is -3.49. The number of aromatic nitrogens is 5. The topological polar surface area (TPSA) is 119 Å². The highest BCUT2D eigenvalue weighted by molar-refractivity contribution is 7.17. The van der Waals surface area contributed by atoms with Gasteiger partial charge in [0.05, 0.1) is 5.56 Å². The maximum atomic E-state index is 13.5. The van der Waals surface area contributed by atoms with Crippen molar-refractivity contribution in [1.82, 2.24) is 29.9 Å². The number of nitrogens with zero attached hydrogens (tertiary/aromatic N) is 5. The second-order valence-electron chi connectivity index (χ2n) is 11.7. The van der Waals surface area contributed by atoms with Crippen molar-refractivity contribution in [3.05, 3.63) is 34.1 Å². The van der Waals surface area contributed by atoms with Gasteiger partial charge in [-0.1, -0.05) is 0 Å². The van der Waals surface area contributed by atoms with Crippen molar-refractivity contribution in [3.63, 3.8) is 0 Å². The molecule has 2 amide bonds. The molecule has 3 atom stereocenters. The molecule has 1 spiro atoms. The van der Waals surface area contributed by atoms with Gasteiger partial charge >= 0.3 is 0 Å². The number of amides is 2. The van der Waals surface area contributed by atoms with Crippen LogP contribution in [0, 0.1) is 17.3 Å². The summed E-state index contributed by atoms with van der Waals surface area (Å²) >= 11 is 1.37. The Balaban J connectivity index is 1.14. The van der Waals surface area contributed by atoms with Crippen LogP contribution >= 0.6 is 11.3 Å². The number of rotatable bonds is 9. The Morgan fingerprint density at radius 1 is 1.24 bits per heavy atom. The molecule has 3 saturated carbocycles. The van der Waals surface area contributed by atoms with Gasteiger partial charge in [-0.3, -0.25) is 18.8 Å². The van der Waals surface area contributed by atoms with Crippen LogP contribution in [-0.4, -0.2) is 48.8 Å².